The maximum atomic E-state index is 12.3. The van der Waals surface area contributed by atoms with Crippen LogP contribution in [-0.4, -0.2) is 44.1 Å². The monoisotopic (exact) mass is 304 g/mol. The molecule has 0 aliphatic carbocycles. The number of aromatic amines is 1. The Morgan fingerprint density at radius 2 is 2.00 bits per heavy atom. The molecule has 6 heteroatoms. The van der Waals surface area contributed by atoms with E-state index in [2.05, 4.69) is 10.3 Å². The SMILES string of the molecule is COC(=O)c1[nH]c2ccc(C)cc2c1NC(=O)[C@H](C)[NH+](C)C. The molecule has 6 nitrogen and oxygen atoms in total. The van der Waals surface area contributed by atoms with Gasteiger partial charge in [-0.15, -0.1) is 0 Å². The number of rotatable bonds is 4. The minimum atomic E-state index is -0.506. The lowest BCUT2D eigenvalue weighted by molar-refractivity contribution is -0.873. The second-order valence-electron chi connectivity index (χ2n) is 5.70. The van der Waals surface area contributed by atoms with Gasteiger partial charge in [-0.1, -0.05) is 11.6 Å². The molecular formula is C16H22N3O3+. The predicted molar refractivity (Wildman–Crippen MR) is 85.3 cm³/mol. The van der Waals surface area contributed by atoms with Crippen LogP contribution in [0.5, 0.6) is 0 Å². The van der Waals surface area contributed by atoms with Gasteiger partial charge in [0.25, 0.3) is 5.91 Å². The molecule has 0 radical (unpaired) electrons. The summed E-state index contributed by atoms with van der Waals surface area (Å²) in [5.41, 5.74) is 2.57. The lowest BCUT2D eigenvalue weighted by atomic mass is 10.1. The highest BCUT2D eigenvalue weighted by Gasteiger charge is 2.24. The van der Waals surface area contributed by atoms with Crippen molar-refractivity contribution < 1.29 is 19.2 Å². The molecule has 0 aliphatic heterocycles. The number of hydrogen-bond donors (Lipinski definition) is 3. The van der Waals surface area contributed by atoms with Crippen LogP contribution < -0.4 is 10.2 Å². The van der Waals surface area contributed by atoms with Gasteiger partial charge in [0.2, 0.25) is 0 Å². The fourth-order valence-electron chi connectivity index (χ4n) is 2.18. The Kier molecular flexibility index (Phi) is 4.51. The van der Waals surface area contributed by atoms with Crippen molar-refractivity contribution in [3.05, 3.63) is 29.5 Å². The highest BCUT2D eigenvalue weighted by Crippen LogP contribution is 2.29. The van der Waals surface area contributed by atoms with Crippen LogP contribution in [0.1, 0.15) is 23.0 Å². The van der Waals surface area contributed by atoms with Crippen molar-refractivity contribution in [1.82, 2.24) is 4.98 Å². The van der Waals surface area contributed by atoms with Crippen molar-refractivity contribution in [2.24, 2.45) is 0 Å². The minimum absolute atomic E-state index is 0.146. The second kappa shape index (κ2) is 6.19. The third-order valence-electron chi connectivity index (χ3n) is 3.85. The molecule has 1 heterocycles. The summed E-state index contributed by atoms with van der Waals surface area (Å²) in [5, 5.41) is 3.67. The Balaban J connectivity index is 2.51. The maximum absolute atomic E-state index is 12.3. The van der Waals surface area contributed by atoms with Crippen LogP contribution in [-0.2, 0) is 9.53 Å². The van der Waals surface area contributed by atoms with Crippen LogP contribution in [0.15, 0.2) is 18.2 Å². The van der Waals surface area contributed by atoms with Crippen molar-refractivity contribution in [2.45, 2.75) is 19.9 Å². The van der Waals surface area contributed by atoms with Crippen LogP contribution >= 0.6 is 0 Å². The van der Waals surface area contributed by atoms with Gasteiger partial charge in [-0.05, 0) is 26.0 Å². The van der Waals surface area contributed by atoms with Gasteiger partial charge in [0, 0.05) is 10.9 Å². The lowest BCUT2D eigenvalue weighted by Crippen LogP contribution is -3.11. The smallest absolute Gasteiger partial charge is 0.356 e. The molecule has 118 valence electrons. The van der Waals surface area contributed by atoms with Gasteiger partial charge < -0.3 is 19.9 Å². The molecule has 1 amide bonds. The van der Waals surface area contributed by atoms with Gasteiger partial charge in [0.15, 0.2) is 6.04 Å². The standard InChI is InChI=1S/C16H21N3O3/c1-9-6-7-12-11(8-9)13(14(17-12)16(21)22-5)18-15(20)10(2)19(3)4/h6-8,10,17H,1-5H3,(H,18,20)/p+1/t10-/m0/s1. The zero-order valence-electron chi connectivity index (χ0n) is 13.5. The number of aryl methyl sites for hydroxylation is 1. The molecule has 0 saturated carbocycles. The van der Waals surface area contributed by atoms with Crippen molar-refractivity contribution in [3.63, 3.8) is 0 Å². The summed E-state index contributed by atoms with van der Waals surface area (Å²) in [5.74, 6) is -0.651. The molecule has 1 aromatic carbocycles. The van der Waals surface area contributed by atoms with E-state index in [0.29, 0.717) is 5.69 Å². The number of anilines is 1. The number of benzene rings is 1. The topological polar surface area (TPSA) is 75.6 Å². The number of amides is 1. The fraction of sp³-hybridized carbons (Fsp3) is 0.375. The lowest BCUT2D eigenvalue weighted by Gasteiger charge is -2.16. The predicted octanol–water partition coefficient (Wildman–Crippen LogP) is 0.734. The number of likely N-dealkylation sites (N-methyl/N-ethyl adjacent to an activating group) is 1. The molecule has 2 aromatic rings. The summed E-state index contributed by atoms with van der Waals surface area (Å²) in [6, 6.07) is 5.52. The zero-order chi connectivity index (χ0) is 16.4. The maximum Gasteiger partial charge on any atom is 0.356 e. The molecular weight excluding hydrogens is 282 g/mol. The highest BCUT2D eigenvalue weighted by molar-refractivity contribution is 6.11. The molecule has 2 rings (SSSR count). The van der Waals surface area contributed by atoms with E-state index in [-0.39, 0.29) is 17.6 Å². The number of quaternary nitrogens is 1. The second-order valence-corrected chi connectivity index (χ2v) is 5.70. The largest absolute Gasteiger partial charge is 0.464 e. The van der Waals surface area contributed by atoms with E-state index in [1.807, 2.05) is 46.1 Å². The van der Waals surface area contributed by atoms with Crippen molar-refractivity contribution >= 4 is 28.5 Å². The number of ether oxygens (including phenoxy) is 1. The molecule has 0 fully saturated rings. The highest BCUT2D eigenvalue weighted by atomic mass is 16.5. The van der Waals surface area contributed by atoms with E-state index in [0.717, 1.165) is 21.4 Å². The van der Waals surface area contributed by atoms with Gasteiger partial charge in [-0.2, -0.15) is 0 Å². The molecule has 0 spiro atoms. The summed E-state index contributed by atoms with van der Waals surface area (Å²) in [7, 11) is 5.13. The minimum Gasteiger partial charge on any atom is -0.464 e. The van der Waals surface area contributed by atoms with Gasteiger partial charge in [-0.3, -0.25) is 4.79 Å². The number of methoxy groups -OCH3 is 1. The fourth-order valence-corrected chi connectivity index (χ4v) is 2.18. The Morgan fingerprint density at radius 3 is 2.59 bits per heavy atom. The quantitative estimate of drug-likeness (QED) is 0.729. The first-order valence-corrected chi connectivity index (χ1v) is 7.16. The number of hydrogen-bond acceptors (Lipinski definition) is 3. The average Bonchev–Trinajstić information content (AvgIpc) is 2.83. The number of aromatic nitrogens is 1. The molecule has 22 heavy (non-hydrogen) atoms. The van der Waals surface area contributed by atoms with Crippen LogP contribution in [0.25, 0.3) is 10.9 Å². The Hall–Kier alpha value is -2.34. The summed E-state index contributed by atoms with van der Waals surface area (Å²) in [6.45, 7) is 3.80. The van der Waals surface area contributed by atoms with Crippen molar-refractivity contribution in [2.75, 3.05) is 26.5 Å². The van der Waals surface area contributed by atoms with Gasteiger partial charge >= 0.3 is 5.97 Å². The molecule has 0 bridgehead atoms. The molecule has 0 aliphatic rings. The summed E-state index contributed by atoms with van der Waals surface area (Å²) < 4.78 is 4.80. The summed E-state index contributed by atoms with van der Waals surface area (Å²) >= 11 is 0. The molecule has 1 aromatic heterocycles. The first-order valence-electron chi connectivity index (χ1n) is 7.16. The molecule has 0 saturated heterocycles. The van der Waals surface area contributed by atoms with E-state index in [9.17, 15) is 9.59 Å². The first-order chi connectivity index (χ1) is 10.3. The summed E-state index contributed by atoms with van der Waals surface area (Å²) in [6.07, 6.45) is 0. The number of carbonyl (C=O) groups excluding carboxylic acids is 2. The van der Waals surface area contributed by atoms with E-state index in [4.69, 9.17) is 4.74 Å². The number of fused-ring (bicyclic) bond motifs is 1. The number of carbonyl (C=O) groups is 2. The third kappa shape index (κ3) is 2.96. The molecule has 1 atom stereocenters. The van der Waals surface area contributed by atoms with Gasteiger partial charge in [-0.25, -0.2) is 4.79 Å². The first kappa shape index (κ1) is 16.0. The summed E-state index contributed by atoms with van der Waals surface area (Å²) in [4.78, 5) is 28.3. The van der Waals surface area contributed by atoms with Gasteiger partial charge in [0.05, 0.1) is 26.9 Å². The molecule has 3 N–H and O–H groups in total. The van der Waals surface area contributed by atoms with Crippen LogP contribution in [0.4, 0.5) is 5.69 Å². The molecule has 0 unspecified atom stereocenters. The van der Waals surface area contributed by atoms with Crippen molar-refractivity contribution in [3.8, 4) is 0 Å². The average molecular weight is 304 g/mol. The zero-order valence-corrected chi connectivity index (χ0v) is 13.5. The number of esters is 1. The van der Waals surface area contributed by atoms with E-state index < -0.39 is 5.97 Å². The third-order valence-corrected chi connectivity index (χ3v) is 3.85. The Bertz CT molecular complexity index is 719. The van der Waals surface area contributed by atoms with Crippen LogP contribution in [0, 0.1) is 6.92 Å². The number of nitrogens with one attached hydrogen (secondary N) is 3. The Morgan fingerprint density at radius 1 is 1.32 bits per heavy atom. The van der Waals surface area contributed by atoms with E-state index >= 15 is 0 Å². The van der Waals surface area contributed by atoms with Gasteiger partial charge in [0.1, 0.15) is 5.69 Å². The van der Waals surface area contributed by atoms with E-state index in [1.54, 1.807) is 0 Å². The van der Waals surface area contributed by atoms with Crippen LogP contribution in [0.2, 0.25) is 0 Å². The number of H-pyrrole nitrogens is 1. The van der Waals surface area contributed by atoms with Crippen LogP contribution in [0.3, 0.4) is 0 Å². The Labute approximate surface area is 129 Å². The van der Waals surface area contributed by atoms with E-state index in [1.165, 1.54) is 7.11 Å². The normalized spacial score (nSPS) is 12.5. The van der Waals surface area contributed by atoms with Crippen molar-refractivity contribution in [1.29, 1.82) is 0 Å².